The number of anilines is 2. The highest BCUT2D eigenvalue weighted by Gasteiger charge is 2.24. The Morgan fingerprint density at radius 3 is 2.88 bits per heavy atom. The number of rotatable bonds is 4. The van der Waals surface area contributed by atoms with Gasteiger partial charge in [-0.2, -0.15) is 0 Å². The van der Waals surface area contributed by atoms with Crippen molar-refractivity contribution in [1.82, 2.24) is 9.97 Å². The molecule has 0 saturated carbocycles. The molecule has 132 valence electrons. The molecule has 1 saturated heterocycles. The first-order chi connectivity index (χ1) is 12.2. The average Bonchev–Trinajstić information content (AvgIpc) is 3.25. The van der Waals surface area contributed by atoms with Crippen LogP contribution in [0, 0.1) is 0 Å². The molecule has 0 unspecified atom stereocenters. The molecule has 2 aliphatic rings. The summed E-state index contributed by atoms with van der Waals surface area (Å²) < 4.78 is 0. The first-order valence-electron chi connectivity index (χ1n) is 8.72. The van der Waals surface area contributed by atoms with Gasteiger partial charge in [0.05, 0.1) is 17.8 Å². The quantitative estimate of drug-likeness (QED) is 0.832. The Labute approximate surface area is 154 Å². The minimum Gasteiger partial charge on any atom is -0.302 e. The van der Waals surface area contributed by atoms with E-state index in [0.29, 0.717) is 22.4 Å². The van der Waals surface area contributed by atoms with Crippen LogP contribution in [-0.2, 0) is 28.9 Å². The number of nitrogens with zero attached hydrogens (tertiary/aromatic N) is 3. The van der Waals surface area contributed by atoms with E-state index in [1.807, 2.05) is 5.38 Å². The van der Waals surface area contributed by atoms with E-state index in [9.17, 15) is 9.59 Å². The van der Waals surface area contributed by atoms with Gasteiger partial charge in [0.25, 0.3) is 0 Å². The Morgan fingerprint density at radius 2 is 2.04 bits per heavy atom. The molecule has 0 aromatic carbocycles. The second-order valence-corrected chi connectivity index (χ2v) is 8.37. The van der Waals surface area contributed by atoms with Crippen LogP contribution in [-0.4, -0.2) is 28.3 Å². The van der Waals surface area contributed by atoms with E-state index in [2.05, 4.69) is 15.3 Å². The van der Waals surface area contributed by atoms with Gasteiger partial charge in [-0.15, -0.1) is 22.7 Å². The topological polar surface area (TPSA) is 75.2 Å². The number of thiazole rings is 2. The second kappa shape index (κ2) is 7.21. The third-order valence-electron chi connectivity index (χ3n) is 4.53. The first kappa shape index (κ1) is 16.7. The van der Waals surface area contributed by atoms with E-state index in [-0.39, 0.29) is 18.2 Å². The number of hydrogen-bond acceptors (Lipinski definition) is 6. The fourth-order valence-corrected chi connectivity index (χ4v) is 5.20. The van der Waals surface area contributed by atoms with Gasteiger partial charge in [0.2, 0.25) is 11.8 Å². The minimum atomic E-state index is -0.103. The number of hydrogen-bond donors (Lipinski definition) is 1. The lowest BCUT2D eigenvalue weighted by atomic mass is 10.2. The fraction of sp³-hybridized carbons (Fsp3) is 0.529. The summed E-state index contributed by atoms with van der Waals surface area (Å²) in [7, 11) is 0. The summed E-state index contributed by atoms with van der Waals surface area (Å²) in [4.78, 5) is 36.1. The molecule has 2 aromatic heterocycles. The molecule has 1 aliphatic carbocycles. The second-order valence-electron chi connectivity index (χ2n) is 6.44. The van der Waals surface area contributed by atoms with Gasteiger partial charge in [-0.3, -0.25) is 14.5 Å². The molecule has 3 heterocycles. The normalized spacial score (nSPS) is 17.4. The third kappa shape index (κ3) is 3.74. The Kier molecular flexibility index (Phi) is 4.80. The zero-order valence-corrected chi connectivity index (χ0v) is 15.5. The van der Waals surface area contributed by atoms with Gasteiger partial charge in [-0.05, 0) is 32.1 Å². The average molecular weight is 377 g/mol. The van der Waals surface area contributed by atoms with Gasteiger partial charge in [0.15, 0.2) is 10.3 Å². The number of amides is 2. The van der Waals surface area contributed by atoms with Crippen molar-refractivity contribution >= 4 is 44.8 Å². The monoisotopic (exact) mass is 376 g/mol. The fourth-order valence-electron chi connectivity index (χ4n) is 3.26. The van der Waals surface area contributed by atoms with Crippen molar-refractivity contribution in [3.8, 4) is 0 Å². The Bertz CT molecular complexity index is 775. The lowest BCUT2D eigenvalue weighted by Crippen LogP contribution is -2.23. The molecule has 0 atom stereocenters. The van der Waals surface area contributed by atoms with Crippen LogP contribution < -0.4 is 10.2 Å². The summed E-state index contributed by atoms with van der Waals surface area (Å²) in [6, 6.07) is 0. The van der Waals surface area contributed by atoms with Crippen molar-refractivity contribution in [2.24, 2.45) is 0 Å². The molecule has 0 radical (unpaired) electrons. The number of aromatic nitrogens is 2. The van der Waals surface area contributed by atoms with Crippen molar-refractivity contribution in [2.45, 2.75) is 51.4 Å². The van der Waals surface area contributed by atoms with Gasteiger partial charge >= 0.3 is 0 Å². The van der Waals surface area contributed by atoms with E-state index in [0.717, 1.165) is 31.5 Å². The Hall–Kier alpha value is -1.80. The van der Waals surface area contributed by atoms with Gasteiger partial charge in [-0.25, -0.2) is 9.97 Å². The van der Waals surface area contributed by atoms with Crippen LogP contribution in [0.25, 0.3) is 0 Å². The lowest BCUT2D eigenvalue weighted by Gasteiger charge is -2.10. The number of aryl methyl sites for hydroxylation is 2. The van der Waals surface area contributed by atoms with Gasteiger partial charge in [-0.1, -0.05) is 6.42 Å². The van der Waals surface area contributed by atoms with Crippen molar-refractivity contribution in [1.29, 1.82) is 0 Å². The maximum atomic E-state index is 12.3. The Balaban J connectivity index is 1.38. The molecule has 0 bridgehead atoms. The highest BCUT2D eigenvalue weighted by molar-refractivity contribution is 7.16. The molecule has 2 amide bonds. The molecule has 4 rings (SSSR count). The third-order valence-corrected chi connectivity index (χ3v) is 6.51. The minimum absolute atomic E-state index is 0.103. The van der Waals surface area contributed by atoms with Gasteiger partial charge in [0.1, 0.15) is 0 Å². The summed E-state index contributed by atoms with van der Waals surface area (Å²) in [6.45, 7) is 0.725. The van der Waals surface area contributed by atoms with Gasteiger partial charge in [0, 0.05) is 23.2 Å². The summed E-state index contributed by atoms with van der Waals surface area (Å²) >= 11 is 3.02. The van der Waals surface area contributed by atoms with Crippen LogP contribution >= 0.6 is 22.7 Å². The molecule has 8 heteroatoms. The SMILES string of the molecule is O=C(Cc1csc(N2CCCC2=O)n1)Nc1nc2c(s1)CCCCC2. The predicted molar refractivity (Wildman–Crippen MR) is 99.4 cm³/mol. The predicted octanol–water partition coefficient (Wildman–Crippen LogP) is 3.18. The molecular weight excluding hydrogens is 356 g/mol. The van der Waals surface area contributed by atoms with Crippen molar-refractivity contribution in [2.75, 3.05) is 16.8 Å². The lowest BCUT2D eigenvalue weighted by molar-refractivity contribution is -0.117. The molecule has 1 fully saturated rings. The smallest absolute Gasteiger partial charge is 0.232 e. The summed E-state index contributed by atoms with van der Waals surface area (Å²) in [5, 5.41) is 6.16. The largest absolute Gasteiger partial charge is 0.302 e. The van der Waals surface area contributed by atoms with Crippen LogP contribution in [0.5, 0.6) is 0 Å². The Morgan fingerprint density at radius 1 is 1.16 bits per heavy atom. The van der Waals surface area contributed by atoms with Gasteiger partial charge < -0.3 is 5.32 Å². The zero-order valence-electron chi connectivity index (χ0n) is 13.9. The van der Waals surface area contributed by atoms with Crippen LogP contribution in [0.2, 0.25) is 0 Å². The molecule has 6 nitrogen and oxygen atoms in total. The molecule has 0 spiro atoms. The summed E-state index contributed by atoms with van der Waals surface area (Å²) in [5.74, 6) is 0.0168. The summed E-state index contributed by atoms with van der Waals surface area (Å²) in [5.41, 5.74) is 1.86. The van der Waals surface area contributed by atoms with Crippen molar-refractivity contribution in [3.63, 3.8) is 0 Å². The van der Waals surface area contributed by atoms with E-state index in [1.54, 1.807) is 16.2 Å². The first-order valence-corrected chi connectivity index (χ1v) is 10.4. The highest BCUT2D eigenvalue weighted by Crippen LogP contribution is 2.29. The van der Waals surface area contributed by atoms with E-state index < -0.39 is 0 Å². The van der Waals surface area contributed by atoms with Crippen LogP contribution in [0.1, 0.15) is 48.4 Å². The number of nitrogens with one attached hydrogen (secondary N) is 1. The van der Waals surface area contributed by atoms with Crippen LogP contribution in [0.4, 0.5) is 10.3 Å². The standard InChI is InChI=1S/C17H20N4O2S2/c22-14(20-16-19-12-5-2-1-3-6-13(12)25-16)9-11-10-24-17(18-11)21-8-4-7-15(21)23/h10H,1-9H2,(H,19,20,22). The maximum absolute atomic E-state index is 12.3. The molecule has 25 heavy (non-hydrogen) atoms. The molecule has 2 aromatic rings. The maximum Gasteiger partial charge on any atom is 0.232 e. The van der Waals surface area contributed by atoms with E-state index in [1.165, 1.54) is 35.5 Å². The van der Waals surface area contributed by atoms with Crippen LogP contribution in [0.3, 0.4) is 0 Å². The number of carbonyl (C=O) groups excluding carboxylic acids is 2. The zero-order chi connectivity index (χ0) is 17.2. The molecule has 1 aliphatic heterocycles. The molecular formula is C17H20N4O2S2. The van der Waals surface area contributed by atoms with E-state index >= 15 is 0 Å². The van der Waals surface area contributed by atoms with E-state index in [4.69, 9.17) is 0 Å². The number of carbonyl (C=O) groups is 2. The highest BCUT2D eigenvalue weighted by atomic mass is 32.1. The summed E-state index contributed by atoms with van der Waals surface area (Å²) in [6.07, 6.45) is 7.41. The molecule has 1 N–H and O–H groups in total. The van der Waals surface area contributed by atoms with Crippen LogP contribution in [0.15, 0.2) is 5.38 Å². The number of fused-ring (bicyclic) bond motifs is 1. The van der Waals surface area contributed by atoms with Crippen molar-refractivity contribution < 1.29 is 9.59 Å². The van der Waals surface area contributed by atoms with Crippen molar-refractivity contribution in [3.05, 3.63) is 21.6 Å².